The van der Waals surface area contributed by atoms with Crippen LogP contribution < -0.4 is 0 Å². The minimum absolute atomic E-state index is 0.0992. The first-order valence-electron chi connectivity index (χ1n) is 11.5. The molecule has 1 amide bonds. The fourth-order valence-corrected chi connectivity index (χ4v) is 5.67. The van der Waals surface area contributed by atoms with Gasteiger partial charge in [0.1, 0.15) is 17.4 Å². The maximum atomic E-state index is 13.5. The molecule has 1 atom stereocenters. The highest BCUT2D eigenvalue weighted by molar-refractivity contribution is 7.98. The quantitative estimate of drug-likeness (QED) is 0.527. The highest BCUT2D eigenvalue weighted by Crippen LogP contribution is 2.31. The summed E-state index contributed by atoms with van der Waals surface area (Å²) in [6.45, 7) is 4.41. The van der Waals surface area contributed by atoms with E-state index in [-0.39, 0.29) is 11.8 Å². The average Bonchev–Trinajstić information content (AvgIpc) is 3.36. The van der Waals surface area contributed by atoms with Crippen LogP contribution in [0.15, 0.2) is 39.8 Å². The van der Waals surface area contributed by atoms with Gasteiger partial charge in [-0.15, -0.1) is 22.0 Å². The van der Waals surface area contributed by atoms with Crippen molar-refractivity contribution in [1.82, 2.24) is 24.8 Å². The number of nitrogens with zero attached hydrogens (tertiary/aromatic N) is 5. The third-order valence-electron chi connectivity index (χ3n) is 6.38. The van der Waals surface area contributed by atoms with Crippen molar-refractivity contribution in [3.05, 3.63) is 59.0 Å². The molecule has 1 saturated heterocycles. The van der Waals surface area contributed by atoms with Crippen LogP contribution in [0, 0.1) is 6.92 Å². The summed E-state index contributed by atoms with van der Waals surface area (Å²) < 4.78 is 7.66. The van der Waals surface area contributed by atoms with Gasteiger partial charge in [0.05, 0.1) is 17.0 Å². The number of hydrogen-bond acceptors (Lipinski definition) is 6. The molecule has 32 heavy (non-hydrogen) atoms. The Morgan fingerprint density at radius 1 is 1.16 bits per heavy atom. The molecule has 3 aromatic rings. The summed E-state index contributed by atoms with van der Waals surface area (Å²) >= 11 is 1.62. The van der Waals surface area contributed by atoms with Gasteiger partial charge in [-0.3, -0.25) is 4.79 Å². The number of likely N-dealkylation sites (tertiary alicyclic amines) is 1. The minimum atomic E-state index is 0.0992. The molecule has 1 unspecified atom stereocenters. The number of thioether (sulfide) groups is 1. The van der Waals surface area contributed by atoms with Crippen molar-refractivity contribution in [3.8, 4) is 0 Å². The van der Waals surface area contributed by atoms with E-state index >= 15 is 0 Å². The summed E-state index contributed by atoms with van der Waals surface area (Å²) in [6.07, 6.45) is 6.68. The van der Waals surface area contributed by atoms with Gasteiger partial charge < -0.3 is 14.0 Å². The summed E-state index contributed by atoms with van der Waals surface area (Å²) in [6, 6.07) is 9.81. The van der Waals surface area contributed by atoms with Crippen LogP contribution in [0.1, 0.15) is 71.5 Å². The number of piperidine rings is 1. The molecule has 1 aromatic carbocycles. The number of hydrogen-bond donors (Lipinski definition) is 0. The SMILES string of the molecule is Cc1cc(CSc2ccccc2C(=O)N2CCCC(c3nnc4n3CCCCC4)C2)on1. The van der Waals surface area contributed by atoms with Crippen LogP contribution in [0.25, 0.3) is 0 Å². The lowest BCUT2D eigenvalue weighted by Gasteiger charge is -2.33. The smallest absolute Gasteiger partial charge is 0.255 e. The Morgan fingerprint density at radius 2 is 2.06 bits per heavy atom. The van der Waals surface area contributed by atoms with Crippen LogP contribution >= 0.6 is 11.8 Å². The zero-order valence-corrected chi connectivity index (χ0v) is 19.3. The normalized spacial score (nSPS) is 18.9. The van der Waals surface area contributed by atoms with E-state index in [0.717, 1.165) is 65.9 Å². The topological polar surface area (TPSA) is 77.0 Å². The number of amides is 1. The summed E-state index contributed by atoms with van der Waals surface area (Å²) in [5.74, 6) is 4.01. The van der Waals surface area contributed by atoms with Crippen molar-refractivity contribution >= 4 is 17.7 Å². The van der Waals surface area contributed by atoms with Crippen LogP contribution in [-0.2, 0) is 18.7 Å². The van der Waals surface area contributed by atoms with Crippen LogP contribution in [0.3, 0.4) is 0 Å². The molecule has 7 nitrogen and oxygen atoms in total. The third-order valence-corrected chi connectivity index (χ3v) is 7.47. The molecule has 8 heteroatoms. The Labute approximate surface area is 192 Å². The van der Waals surface area contributed by atoms with Gasteiger partial charge in [0.25, 0.3) is 5.91 Å². The molecule has 0 spiro atoms. The summed E-state index contributed by atoms with van der Waals surface area (Å²) in [5.41, 5.74) is 1.63. The van der Waals surface area contributed by atoms with Crippen LogP contribution in [0.4, 0.5) is 0 Å². The molecule has 2 aliphatic rings. The summed E-state index contributed by atoms with van der Waals surface area (Å²) in [5, 5.41) is 13.0. The van der Waals surface area contributed by atoms with Crippen molar-refractivity contribution in [1.29, 1.82) is 0 Å². The number of rotatable bonds is 5. The van der Waals surface area contributed by atoms with E-state index in [4.69, 9.17) is 4.52 Å². The van der Waals surface area contributed by atoms with E-state index in [9.17, 15) is 4.79 Å². The molecule has 1 fully saturated rings. The Morgan fingerprint density at radius 3 is 2.94 bits per heavy atom. The van der Waals surface area contributed by atoms with Gasteiger partial charge in [0, 0.05) is 42.9 Å². The lowest BCUT2D eigenvalue weighted by atomic mass is 9.96. The zero-order chi connectivity index (χ0) is 21.9. The first kappa shape index (κ1) is 21.2. The highest BCUT2D eigenvalue weighted by Gasteiger charge is 2.30. The second kappa shape index (κ2) is 9.48. The van der Waals surface area contributed by atoms with E-state index in [2.05, 4.69) is 19.9 Å². The molecule has 4 heterocycles. The second-order valence-corrected chi connectivity index (χ2v) is 9.76. The van der Waals surface area contributed by atoms with E-state index in [1.54, 1.807) is 11.8 Å². The Kier molecular flexibility index (Phi) is 6.30. The number of carbonyl (C=O) groups is 1. The number of aromatic nitrogens is 4. The third kappa shape index (κ3) is 4.46. The van der Waals surface area contributed by atoms with Crippen LogP contribution in [-0.4, -0.2) is 43.8 Å². The monoisotopic (exact) mass is 451 g/mol. The molecule has 2 aromatic heterocycles. The van der Waals surface area contributed by atoms with Gasteiger partial charge in [0.15, 0.2) is 0 Å². The fourth-order valence-electron chi connectivity index (χ4n) is 4.75. The molecule has 0 bridgehead atoms. The second-order valence-electron chi connectivity index (χ2n) is 8.75. The van der Waals surface area contributed by atoms with Crippen molar-refractivity contribution < 1.29 is 9.32 Å². The number of carbonyl (C=O) groups excluding carboxylic acids is 1. The number of benzene rings is 1. The number of aryl methyl sites for hydroxylation is 2. The predicted octanol–water partition coefficient (Wildman–Crippen LogP) is 4.61. The summed E-state index contributed by atoms with van der Waals surface area (Å²) in [7, 11) is 0. The molecule has 0 radical (unpaired) electrons. The Bertz CT molecular complexity index is 1090. The van der Waals surface area contributed by atoms with Gasteiger partial charge >= 0.3 is 0 Å². The van der Waals surface area contributed by atoms with E-state index in [0.29, 0.717) is 12.3 Å². The molecular formula is C24H29N5O2S. The maximum Gasteiger partial charge on any atom is 0.255 e. The van der Waals surface area contributed by atoms with Crippen LogP contribution in [0.2, 0.25) is 0 Å². The molecule has 0 aliphatic carbocycles. The van der Waals surface area contributed by atoms with Gasteiger partial charge in [-0.1, -0.05) is 23.7 Å². The van der Waals surface area contributed by atoms with E-state index < -0.39 is 0 Å². The minimum Gasteiger partial charge on any atom is -0.360 e. The molecule has 5 rings (SSSR count). The molecule has 2 aliphatic heterocycles. The largest absolute Gasteiger partial charge is 0.360 e. The molecule has 168 valence electrons. The molecule has 0 saturated carbocycles. The predicted molar refractivity (Wildman–Crippen MR) is 123 cm³/mol. The van der Waals surface area contributed by atoms with Crippen molar-refractivity contribution in [2.45, 2.75) is 68.6 Å². The van der Waals surface area contributed by atoms with Crippen LogP contribution in [0.5, 0.6) is 0 Å². The van der Waals surface area contributed by atoms with Crippen molar-refractivity contribution in [2.24, 2.45) is 0 Å². The Balaban J connectivity index is 1.31. The zero-order valence-electron chi connectivity index (χ0n) is 18.5. The lowest BCUT2D eigenvalue weighted by Crippen LogP contribution is -2.40. The van der Waals surface area contributed by atoms with E-state index in [1.165, 1.54) is 19.3 Å². The first-order chi connectivity index (χ1) is 15.7. The van der Waals surface area contributed by atoms with Gasteiger partial charge in [-0.05, 0) is 44.7 Å². The average molecular weight is 452 g/mol. The van der Waals surface area contributed by atoms with Gasteiger partial charge in [-0.25, -0.2) is 0 Å². The lowest BCUT2D eigenvalue weighted by molar-refractivity contribution is 0.0699. The summed E-state index contributed by atoms with van der Waals surface area (Å²) in [4.78, 5) is 16.5. The molecular weight excluding hydrogens is 422 g/mol. The Hall–Kier alpha value is -2.61. The maximum absolute atomic E-state index is 13.5. The molecule has 0 N–H and O–H groups in total. The fraction of sp³-hybridized carbons (Fsp3) is 0.500. The number of fused-ring (bicyclic) bond motifs is 1. The standard InChI is InChI=1S/C24H29N5O2S/c1-17-14-19(31-27-17)16-32-21-10-5-4-9-20(21)24(30)28-12-7-8-18(15-28)23-26-25-22-11-3-2-6-13-29(22)23/h4-5,9-10,14,18H,2-3,6-8,11-13,15-16H2,1H3. The van der Waals surface area contributed by atoms with E-state index in [1.807, 2.05) is 42.2 Å². The van der Waals surface area contributed by atoms with Crippen molar-refractivity contribution in [2.75, 3.05) is 13.1 Å². The van der Waals surface area contributed by atoms with Gasteiger partial charge in [0.2, 0.25) is 0 Å². The van der Waals surface area contributed by atoms with Gasteiger partial charge in [-0.2, -0.15) is 0 Å². The van der Waals surface area contributed by atoms with Crippen molar-refractivity contribution in [3.63, 3.8) is 0 Å². The highest BCUT2D eigenvalue weighted by atomic mass is 32.2. The first-order valence-corrected chi connectivity index (χ1v) is 12.5.